The molecule has 0 aromatic carbocycles. The molecule has 1 aliphatic rings. The molecule has 4 heteroatoms. The molecule has 0 amide bonds. The van der Waals surface area contributed by atoms with Gasteiger partial charge in [-0.25, -0.2) is 0 Å². The van der Waals surface area contributed by atoms with E-state index in [0.29, 0.717) is 0 Å². The molecule has 2 unspecified atom stereocenters. The summed E-state index contributed by atoms with van der Waals surface area (Å²) in [6.07, 6.45) is 1.65. The summed E-state index contributed by atoms with van der Waals surface area (Å²) in [4.78, 5) is 10.1. The fourth-order valence-electron chi connectivity index (χ4n) is 1.31. The van der Waals surface area contributed by atoms with Crippen LogP contribution in [-0.2, 0) is 0 Å². The van der Waals surface area contributed by atoms with Crippen molar-refractivity contribution in [3.05, 3.63) is 10.1 Å². The van der Waals surface area contributed by atoms with Crippen molar-refractivity contribution in [1.29, 1.82) is 0 Å². The maximum Gasteiger partial charge on any atom is 0.227 e. The Balaban J connectivity index is 2.47. The molecule has 0 saturated carbocycles. The van der Waals surface area contributed by atoms with Crippen LogP contribution < -0.4 is 5.32 Å². The average Bonchev–Trinajstić information content (AvgIpc) is 1.88. The molecular formula is C6H12N2O2. The van der Waals surface area contributed by atoms with Crippen molar-refractivity contribution in [3.63, 3.8) is 0 Å². The van der Waals surface area contributed by atoms with E-state index in [-0.39, 0.29) is 17.0 Å². The van der Waals surface area contributed by atoms with Crippen LogP contribution in [0.4, 0.5) is 0 Å². The van der Waals surface area contributed by atoms with Crippen LogP contribution in [0.2, 0.25) is 0 Å². The van der Waals surface area contributed by atoms with Crippen molar-refractivity contribution in [3.8, 4) is 0 Å². The van der Waals surface area contributed by atoms with Gasteiger partial charge in [-0.05, 0) is 19.9 Å². The summed E-state index contributed by atoms with van der Waals surface area (Å²) in [6.45, 7) is 2.79. The summed E-state index contributed by atoms with van der Waals surface area (Å²) in [5.74, 6) is 0. The van der Waals surface area contributed by atoms with Gasteiger partial charge in [0.25, 0.3) is 0 Å². The molecule has 1 heterocycles. The minimum atomic E-state index is -0.367. The quantitative estimate of drug-likeness (QED) is 0.428. The smallest absolute Gasteiger partial charge is 0.227 e. The molecule has 0 aromatic heterocycles. The number of nitro groups is 1. The van der Waals surface area contributed by atoms with Crippen LogP contribution in [0.1, 0.15) is 19.8 Å². The minimum absolute atomic E-state index is 0.0451. The Bertz CT molecular complexity index is 138. The van der Waals surface area contributed by atoms with Crippen molar-refractivity contribution in [2.45, 2.75) is 31.8 Å². The Hall–Kier alpha value is -0.640. The van der Waals surface area contributed by atoms with E-state index in [1.807, 2.05) is 6.92 Å². The molecule has 1 fully saturated rings. The van der Waals surface area contributed by atoms with Crippen LogP contribution in [0, 0.1) is 10.1 Å². The topological polar surface area (TPSA) is 55.2 Å². The molecule has 1 N–H and O–H groups in total. The summed E-state index contributed by atoms with van der Waals surface area (Å²) in [6, 6.07) is -0.322. The molecule has 0 bridgehead atoms. The van der Waals surface area contributed by atoms with Gasteiger partial charge in [0, 0.05) is 11.3 Å². The normalized spacial score (nSPS) is 33.7. The maximum atomic E-state index is 10.3. The van der Waals surface area contributed by atoms with E-state index in [4.69, 9.17) is 0 Å². The zero-order valence-electron chi connectivity index (χ0n) is 6.04. The van der Waals surface area contributed by atoms with Gasteiger partial charge >= 0.3 is 0 Å². The summed E-state index contributed by atoms with van der Waals surface area (Å²) in [5.41, 5.74) is 0. The highest BCUT2D eigenvalue weighted by Gasteiger charge is 2.29. The third-order valence-electron chi connectivity index (χ3n) is 1.99. The van der Waals surface area contributed by atoms with E-state index in [9.17, 15) is 10.1 Å². The van der Waals surface area contributed by atoms with Crippen LogP contribution in [0.5, 0.6) is 0 Å². The highest BCUT2D eigenvalue weighted by molar-refractivity contribution is 4.76. The van der Waals surface area contributed by atoms with Gasteiger partial charge in [-0.2, -0.15) is 0 Å². The molecule has 58 valence electrons. The van der Waals surface area contributed by atoms with E-state index in [0.717, 1.165) is 19.4 Å². The fraction of sp³-hybridized carbons (Fsp3) is 1.00. The van der Waals surface area contributed by atoms with Crippen LogP contribution in [0.3, 0.4) is 0 Å². The van der Waals surface area contributed by atoms with E-state index < -0.39 is 0 Å². The molecular weight excluding hydrogens is 132 g/mol. The van der Waals surface area contributed by atoms with Crippen molar-refractivity contribution in [2.24, 2.45) is 0 Å². The highest BCUT2D eigenvalue weighted by Crippen LogP contribution is 2.10. The van der Waals surface area contributed by atoms with E-state index in [2.05, 4.69) is 5.32 Å². The molecule has 10 heavy (non-hydrogen) atoms. The molecule has 0 aromatic rings. The molecule has 1 aliphatic heterocycles. The van der Waals surface area contributed by atoms with Gasteiger partial charge < -0.3 is 5.32 Å². The largest absolute Gasteiger partial charge is 0.308 e. The second-order valence-electron chi connectivity index (χ2n) is 2.74. The van der Waals surface area contributed by atoms with Gasteiger partial charge in [-0.1, -0.05) is 0 Å². The first-order valence-corrected chi connectivity index (χ1v) is 3.58. The summed E-state index contributed by atoms with van der Waals surface area (Å²) in [7, 11) is 0. The zero-order chi connectivity index (χ0) is 7.56. The first-order chi connectivity index (χ1) is 4.72. The van der Waals surface area contributed by atoms with Crippen molar-refractivity contribution in [1.82, 2.24) is 5.32 Å². The Morgan fingerprint density at radius 3 is 2.80 bits per heavy atom. The van der Waals surface area contributed by atoms with Crippen molar-refractivity contribution < 1.29 is 4.92 Å². The third-order valence-corrected chi connectivity index (χ3v) is 1.99. The number of piperidine rings is 1. The lowest BCUT2D eigenvalue weighted by Crippen LogP contribution is -2.46. The summed E-state index contributed by atoms with van der Waals surface area (Å²) >= 11 is 0. The summed E-state index contributed by atoms with van der Waals surface area (Å²) < 4.78 is 0. The molecule has 0 spiro atoms. The Kier molecular flexibility index (Phi) is 2.21. The molecule has 1 saturated heterocycles. The number of nitrogens with zero attached hydrogens (tertiary/aromatic N) is 1. The van der Waals surface area contributed by atoms with Gasteiger partial charge in [0.15, 0.2) is 0 Å². The highest BCUT2D eigenvalue weighted by atomic mass is 16.6. The number of nitrogens with one attached hydrogen (secondary N) is 1. The van der Waals surface area contributed by atoms with Crippen LogP contribution >= 0.6 is 0 Å². The number of rotatable bonds is 1. The fourth-order valence-corrected chi connectivity index (χ4v) is 1.31. The van der Waals surface area contributed by atoms with Crippen LogP contribution in [0.15, 0.2) is 0 Å². The van der Waals surface area contributed by atoms with E-state index >= 15 is 0 Å². The molecule has 2 atom stereocenters. The lowest BCUT2D eigenvalue weighted by atomic mass is 10.0. The van der Waals surface area contributed by atoms with Crippen LogP contribution in [0.25, 0.3) is 0 Å². The standard InChI is InChI=1S/C6H12N2O2/c1-5-6(8(9)10)3-2-4-7-5/h5-7H,2-4H2,1H3. The monoisotopic (exact) mass is 144 g/mol. The van der Waals surface area contributed by atoms with Gasteiger partial charge in [0.05, 0.1) is 6.04 Å². The molecule has 4 nitrogen and oxygen atoms in total. The number of hydrogen-bond acceptors (Lipinski definition) is 3. The third kappa shape index (κ3) is 1.44. The number of hydrogen-bond donors (Lipinski definition) is 1. The molecule has 1 rings (SSSR count). The van der Waals surface area contributed by atoms with E-state index in [1.165, 1.54) is 0 Å². The lowest BCUT2D eigenvalue weighted by Gasteiger charge is -2.22. The first kappa shape index (κ1) is 7.47. The van der Waals surface area contributed by atoms with E-state index in [1.54, 1.807) is 0 Å². The molecule has 0 aliphatic carbocycles. The maximum absolute atomic E-state index is 10.3. The second kappa shape index (κ2) is 2.96. The zero-order valence-corrected chi connectivity index (χ0v) is 6.04. The lowest BCUT2D eigenvalue weighted by molar-refractivity contribution is -0.529. The average molecular weight is 144 g/mol. The van der Waals surface area contributed by atoms with Gasteiger partial charge in [-0.15, -0.1) is 0 Å². The Morgan fingerprint density at radius 2 is 2.40 bits per heavy atom. The Morgan fingerprint density at radius 1 is 1.70 bits per heavy atom. The van der Waals surface area contributed by atoms with Gasteiger partial charge in [0.1, 0.15) is 0 Å². The van der Waals surface area contributed by atoms with Crippen molar-refractivity contribution in [2.75, 3.05) is 6.54 Å². The minimum Gasteiger partial charge on any atom is -0.308 e. The van der Waals surface area contributed by atoms with Gasteiger partial charge in [-0.3, -0.25) is 10.1 Å². The predicted molar refractivity (Wildman–Crippen MR) is 37.5 cm³/mol. The van der Waals surface area contributed by atoms with Crippen LogP contribution in [-0.4, -0.2) is 23.6 Å². The predicted octanol–water partition coefficient (Wildman–Crippen LogP) is 0.404. The second-order valence-corrected chi connectivity index (χ2v) is 2.74. The summed E-state index contributed by atoms with van der Waals surface area (Å²) in [5, 5.41) is 13.4. The van der Waals surface area contributed by atoms with Crippen molar-refractivity contribution >= 4 is 0 Å². The SMILES string of the molecule is CC1NCCCC1[N+](=O)[O-]. The van der Waals surface area contributed by atoms with Gasteiger partial charge in [0.2, 0.25) is 6.04 Å². The Labute approximate surface area is 59.8 Å². The molecule has 0 radical (unpaired) electrons. The first-order valence-electron chi connectivity index (χ1n) is 3.58.